The molecule has 1 amide bonds. The van der Waals surface area contributed by atoms with Crippen molar-refractivity contribution in [3.8, 4) is 11.4 Å². The van der Waals surface area contributed by atoms with Gasteiger partial charge >= 0.3 is 0 Å². The Morgan fingerprint density at radius 2 is 1.71 bits per heavy atom. The summed E-state index contributed by atoms with van der Waals surface area (Å²) in [4.78, 5) is 29.8. The maximum atomic E-state index is 12.8. The predicted octanol–water partition coefficient (Wildman–Crippen LogP) is 3.06. The Morgan fingerprint density at radius 3 is 2.39 bits per heavy atom. The molecule has 6 nitrogen and oxygen atoms in total. The van der Waals surface area contributed by atoms with E-state index in [1.807, 2.05) is 17.0 Å². The maximum Gasteiger partial charge on any atom is 0.257 e. The molecule has 3 aromatic rings. The smallest absolute Gasteiger partial charge is 0.257 e. The van der Waals surface area contributed by atoms with Crippen molar-refractivity contribution < 1.29 is 4.79 Å². The molecule has 1 saturated heterocycles. The number of para-hydroxylation sites is 1. The van der Waals surface area contributed by atoms with E-state index in [9.17, 15) is 4.79 Å². The van der Waals surface area contributed by atoms with Crippen molar-refractivity contribution in [1.82, 2.24) is 19.9 Å². The summed E-state index contributed by atoms with van der Waals surface area (Å²) in [5.74, 6) is 0.562. The van der Waals surface area contributed by atoms with Crippen molar-refractivity contribution in [3.05, 3.63) is 72.3 Å². The van der Waals surface area contributed by atoms with Crippen LogP contribution in [-0.2, 0) is 6.42 Å². The molecular formula is C22H23N5O. The molecule has 2 aromatic heterocycles. The van der Waals surface area contributed by atoms with Gasteiger partial charge in [0.05, 0.1) is 5.56 Å². The monoisotopic (exact) mass is 373 g/mol. The normalized spacial score (nSPS) is 14.2. The molecule has 0 bridgehead atoms. The number of pyridine rings is 1. The highest BCUT2D eigenvalue weighted by atomic mass is 16.2. The third-order valence-corrected chi connectivity index (χ3v) is 5.10. The van der Waals surface area contributed by atoms with Crippen molar-refractivity contribution in [2.75, 3.05) is 31.1 Å². The summed E-state index contributed by atoms with van der Waals surface area (Å²) in [5, 5.41) is 0. The van der Waals surface area contributed by atoms with Crippen LogP contribution in [0.3, 0.4) is 0 Å². The standard InChI is InChI=1S/C22H23N5O/c1-2-17-6-3-4-8-20(17)26-10-12-27(13-11-26)22(28)19-15-24-21(25-16-19)18-7-5-9-23-14-18/h3-9,14-16H,2,10-13H2,1H3. The highest BCUT2D eigenvalue weighted by Crippen LogP contribution is 2.22. The number of rotatable bonds is 4. The summed E-state index contributed by atoms with van der Waals surface area (Å²) >= 11 is 0. The van der Waals surface area contributed by atoms with Crippen LogP contribution < -0.4 is 4.90 Å². The van der Waals surface area contributed by atoms with Gasteiger partial charge in [0, 0.05) is 62.2 Å². The molecule has 0 spiro atoms. The molecule has 6 heteroatoms. The number of aromatic nitrogens is 3. The molecule has 1 fully saturated rings. The Morgan fingerprint density at radius 1 is 0.964 bits per heavy atom. The number of piperazine rings is 1. The van der Waals surface area contributed by atoms with E-state index >= 15 is 0 Å². The van der Waals surface area contributed by atoms with E-state index in [0.29, 0.717) is 24.5 Å². The molecule has 142 valence electrons. The average Bonchev–Trinajstić information content (AvgIpc) is 2.79. The molecule has 0 unspecified atom stereocenters. The number of benzene rings is 1. The molecule has 0 atom stereocenters. The van der Waals surface area contributed by atoms with Crippen LogP contribution in [0.5, 0.6) is 0 Å². The molecule has 4 rings (SSSR count). The second-order valence-electron chi connectivity index (χ2n) is 6.80. The van der Waals surface area contributed by atoms with Gasteiger partial charge in [0.15, 0.2) is 5.82 Å². The molecule has 1 aliphatic rings. The van der Waals surface area contributed by atoms with Gasteiger partial charge in [-0.2, -0.15) is 0 Å². The topological polar surface area (TPSA) is 62.2 Å². The lowest BCUT2D eigenvalue weighted by atomic mass is 10.1. The summed E-state index contributed by atoms with van der Waals surface area (Å²) in [5.41, 5.74) is 3.99. The van der Waals surface area contributed by atoms with Crippen LogP contribution in [0.25, 0.3) is 11.4 Å². The minimum absolute atomic E-state index is 0.0128. The van der Waals surface area contributed by atoms with Crippen LogP contribution in [0.2, 0.25) is 0 Å². The molecule has 1 aliphatic heterocycles. The maximum absolute atomic E-state index is 12.8. The van der Waals surface area contributed by atoms with Crippen molar-refractivity contribution in [2.24, 2.45) is 0 Å². The first-order valence-corrected chi connectivity index (χ1v) is 9.61. The number of hydrogen-bond acceptors (Lipinski definition) is 5. The van der Waals surface area contributed by atoms with Crippen molar-refractivity contribution >= 4 is 11.6 Å². The number of nitrogens with zero attached hydrogens (tertiary/aromatic N) is 5. The van der Waals surface area contributed by atoms with Gasteiger partial charge in [-0.15, -0.1) is 0 Å². The fourth-order valence-electron chi connectivity index (χ4n) is 3.53. The Labute approximate surface area is 164 Å². The summed E-state index contributed by atoms with van der Waals surface area (Å²) < 4.78 is 0. The van der Waals surface area contributed by atoms with E-state index in [2.05, 4.69) is 51.0 Å². The first kappa shape index (κ1) is 18.1. The number of hydrogen-bond donors (Lipinski definition) is 0. The predicted molar refractivity (Wildman–Crippen MR) is 109 cm³/mol. The second-order valence-corrected chi connectivity index (χ2v) is 6.80. The summed E-state index contributed by atoms with van der Waals surface area (Å²) in [6.45, 7) is 5.23. The van der Waals surface area contributed by atoms with E-state index in [-0.39, 0.29) is 5.91 Å². The van der Waals surface area contributed by atoms with Crippen molar-refractivity contribution in [1.29, 1.82) is 0 Å². The van der Waals surface area contributed by atoms with Gasteiger partial charge in [0.1, 0.15) is 0 Å². The van der Waals surface area contributed by atoms with Crippen LogP contribution >= 0.6 is 0 Å². The fourth-order valence-corrected chi connectivity index (χ4v) is 3.53. The van der Waals surface area contributed by atoms with E-state index < -0.39 is 0 Å². The molecule has 0 N–H and O–H groups in total. The van der Waals surface area contributed by atoms with Gasteiger partial charge < -0.3 is 9.80 Å². The third-order valence-electron chi connectivity index (χ3n) is 5.10. The fraction of sp³-hybridized carbons (Fsp3) is 0.273. The SMILES string of the molecule is CCc1ccccc1N1CCN(C(=O)c2cnc(-c3cccnc3)nc2)CC1. The number of aryl methyl sites for hydroxylation is 1. The lowest BCUT2D eigenvalue weighted by Gasteiger charge is -2.37. The lowest BCUT2D eigenvalue weighted by molar-refractivity contribution is 0.0746. The van der Waals surface area contributed by atoms with Crippen LogP contribution in [0.4, 0.5) is 5.69 Å². The highest BCUT2D eigenvalue weighted by Gasteiger charge is 2.23. The molecule has 0 aliphatic carbocycles. The van der Waals surface area contributed by atoms with Crippen molar-refractivity contribution in [3.63, 3.8) is 0 Å². The Bertz CT molecular complexity index is 935. The largest absolute Gasteiger partial charge is 0.368 e. The van der Waals surface area contributed by atoms with E-state index in [0.717, 1.165) is 25.1 Å². The zero-order chi connectivity index (χ0) is 19.3. The first-order chi connectivity index (χ1) is 13.8. The van der Waals surface area contributed by atoms with Crippen LogP contribution in [-0.4, -0.2) is 51.9 Å². The highest BCUT2D eigenvalue weighted by molar-refractivity contribution is 5.94. The molecular weight excluding hydrogens is 350 g/mol. The quantitative estimate of drug-likeness (QED) is 0.703. The number of carbonyl (C=O) groups excluding carboxylic acids is 1. The summed E-state index contributed by atoms with van der Waals surface area (Å²) in [6.07, 6.45) is 7.65. The summed E-state index contributed by atoms with van der Waals surface area (Å²) in [7, 11) is 0. The van der Waals surface area contributed by atoms with Crippen LogP contribution in [0, 0.1) is 0 Å². The van der Waals surface area contributed by atoms with Crippen LogP contribution in [0.15, 0.2) is 61.2 Å². The number of amides is 1. The third kappa shape index (κ3) is 3.71. The first-order valence-electron chi connectivity index (χ1n) is 9.61. The molecule has 28 heavy (non-hydrogen) atoms. The molecule has 3 heterocycles. The van der Waals surface area contributed by atoms with E-state index in [4.69, 9.17) is 0 Å². The minimum atomic E-state index is -0.0128. The minimum Gasteiger partial charge on any atom is -0.368 e. The van der Waals surface area contributed by atoms with Gasteiger partial charge in [-0.05, 0) is 30.2 Å². The van der Waals surface area contributed by atoms with Gasteiger partial charge in [-0.1, -0.05) is 25.1 Å². The second kappa shape index (κ2) is 8.17. The zero-order valence-corrected chi connectivity index (χ0v) is 16.0. The zero-order valence-electron chi connectivity index (χ0n) is 16.0. The Kier molecular flexibility index (Phi) is 5.28. The molecule has 0 saturated carbocycles. The molecule has 0 radical (unpaired) electrons. The van der Waals surface area contributed by atoms with Gasteiger partial charge in [-0.3, -0.25) is 9.78 Å². The Balaban J connectivity index is 1.41. The van der Waals surface area contributed by atoms with E-state index in [1.54, 1.807) is 24.8 Å². The Hall–Kier alpha value is -3.28. The van der Waals surface area contributed by atoms with Crippen LogP contribution in [0.1, 0.15) is 22.8 Å². The van der Waals surface area contributed by atoms with Gasteiger partial charge in [0.2, 0.25) is 0 Å². The lowest BCUT2D eigenvalue weighted by Crippen LogP contribution is -2.49. The van der Waals surface area contributed by atoms with Gasteiger partial charge in [-0.25, -0.2) is 9.97 Å². The number of carbonyl (C=O) groups is 1. The van der Waals surface area contributed by atoms with E-state index in [1.165, 1.54) is 11.3 Å². The number of anilines is 1. The van der Waals surface area contributed by atoms with Crippen molar-refractivity contribution in [2.45, 2.75) is 13.3 Å². The summed E-state index contributed by atoms with van der Waals surface area (Å²) in [6, 6.07) is 12.2. The van der Waals surface area contributed by atoms with Gasteiger partial charge in [0.25, 0.3) is 5.91 Å². The average molecular weight is 373 g/mol. The molecule has 1 aromatic carbocycles.